The Kier molecular flexibility index (Phi) is 11.4. The van der Waals surface area contributed by atoms with Gasteiger partial charge in [-0.2, -0.15) is 0 Å². The number of nitrogens with one attached hydrogen (secondary N) is 2. The molecule has 2 N–H and O–H groups in total. The first-order valence-corrected chi connectivity index (χ1v) is 8.77. The normalized spacial score (nSPS) is 12.0. The second-order valence-electron chi connectivity index (χ2n) is 6.08. The lowest BCUT2D eigenvalue weighted by Gasteiger charge is -2.17. The lowest BCUT2D eigenvalue weighted by atomic mass is 10.2. The van der Waals surface area contributed by atoms with Gasteiger partial charge in [0, 0.05) is 31.9 Å². The Balaban J connectivity index is 0.00000364. The number of aliphatic imine (C=N–C) groups is 1. The van der Waals surface area contributed by atoms with E-state index in [1.54, 1.807) is 20.4 Å². The predicted octanol–water partition coefficient (Wildman–Crippen LogP) is 3.23. The third-order valence-corrected chi connectivity index (χ3v) is 3.85. The molecule has 0 aliphatic carbocycles. The molecule has 0 fully saturated rings. The number of aromatic nitrogens is 1. The summed E-state index contributed by atoms with van der Waals surface area (Å²) in [7, 11) is 3.38. The third-order valence-electron chi connectivity index (χ3n) is 3.85. The maximum Gasteiger partial charge on any atom is 0.218 e. The number of nitrogens with zero attached hydrogens (tertiary/aromatic N) is 2. The number of benzene rings is 1. The quantitative estimate of drug-likeness (QED) is 0.325. The Labute approximate surface area is 178 Å². The van der Waals surface area contributed by atoms with Gasteiger partial charge in [0.25, 0.3) is 0 Å². The second kappa shape index (κ2) is 13.3. The summed E-state index contributed by atoms with van der Waals surface area (Å²) in [6.07, 6.45) is 1.71. The number of pyridine rings is 1. The molecule has 7 heteroatoms. The fourth-order valence-corrected chi connectivity index (χ4v) is 2.42. The molecule has 0 radical (unpaired) electrons. The summed E-state index contributed by atoms with van der Waals surface area (Å²) in [6.45, 7) is 4.85. The first-order valence-electron chi connectivity index (χ1n) is 8.77. The van der Waals surface area contributed by atoms with Crippen molar-refractivity contribution in [3.8, 4) is 5.88 Å². The van der Waals surface area contributed by atoms with Gasteiger partial charge in [-0.25, -0.2) is 4.98 Å². The number of guanidine groups is 1. The van der Waals surface area contributed by atoms with E-state index in [9.17, 15) is 0 Å². The number of halogens is 1. The van der Waals surface area contributed by atoms with Crippen molar-refractivity contribution in [1.82, 2.24) is 15.6 Å². The minimum atomic E-state index is 0. The molecule has 148 valence electrons. The van der Waals surface area contributed by atoms with Crippen LogP contribution in [0.1, 0.15) is 18.1 Å². The Hall–Kier alpha value is -1.87. The molecular formula is C20H29IN4O2. The third kappa shape index (κ3) is 8.57. The van der Waals surface area contributed by atoms with E-state index >= 15 is 0 Å². The zero-order valence-corrected chi connectivity index (χ0v) is 18.5. The monoisotopic (exact) mass is 484 g/mol. The van der Waals surface area contributed by atoms with Crippen LogP contribution in [0.25, 0.3) is 0 Å². The fraction of sp³-hybridized carbons (Fsp3) is 0.400. The van der Waals surface area contributed by atoms with Crippen LogP contribution in [0.3, 0.4) is 0 Å². The Morgan fingerprint density at radius 1 is 1.15 bits per heavy atom. The van der Waals surface area contributed by atoms with Gasteiger partial charge in [0.15, 0.2) is 5.96 Å². The number of rotatable bonds is 9. The maximum absolute atomic E-state index is 5.78. The molecule has 0 saturated heterocycles. The molecule has 0 bridgehead atoms. The smallest absolute Gasteiger partial charge is 0.218 e. The average molecular weight is 484 g/mol. The summed E-state index contributed by atoms with van der Waals surface area (Å²) >= 11 is 0. The molecule has 0 aliphatic heterocycles. The van der Waals surface area contributed by atoms with Gasteiger partial charge in [0.05, 0.1) is 20.3 Å². The molecule has 0 amide bonds. The fourth-order valence-electron chi connectivity index (χ4n) is 2.42. The molecule has 0 spiro atoms. The zero-order chi connectivity index (χ0) is 18.6. The lowest BCUT2D eigenvalue weighted by molar-refractivity contribution is 0.0931. The van der Waals surface area contributed by atoms with Crippen LogP contribution in [0.5, 0.6) is 5.88 Å². The van der Waals surface area contributed by atoms with Crippen LogP contribution < -0.4 is 15.4 Å². The van der Waals surface area contributed by atoms with Gasteiger partial charge in [-0.3, -0.25) is 4.99 Å². The van der Waals surface area contributed by atoms with E-state index in [0.29, 0.717) is 31.6 Å². The van der Waals surface area contributed by atoms with Crippen molar-refractivity contribution in [3.05, 3.63) is 59.8 Å². The van der Waals surface area contributed by atoms with Crippen molar-refractivity contribution in [2.75, 3.05) is 27.3 Å². The minimum Gasteiger partial charge on any atom is -0.481 e. The van der Waals surface area contributed by atoms with E-state index in [1.165, 1.54) is 5.56 Å². The van der Waals surface area contributed by atoms with Gasteiger partial charge in [-0.1, -0.05) is 43.3 Å². The highest BCUT2D eigenvalue weighted by Crippen LogP contribution is 2.12. The summed E-state index contributed by atoms with van der Waals surface area (Å²) in [5.74, 6) is 1.73. The highest BCUT2D eigenvalue weighted by Gasteiger charge is 2.07. The molecule has 1 unspecified atom stereocenters. The number of ether oxygens (including phenoxy) is 2. The Morgan fingerprint density at radius 2 is 1.93 bits per heavy atom. The molecule has 27 heavy (non-hydrogen) atoms. The molecule has 0 aliphatic rings. The van der Waals surface area contributed by atoms with Gasteiger partial charge < -0.3 is 20.1 Å². The molecule has 1 heterocycles. The molecule has 1 aromatic carbocycles. The van der Waals surface area contributed by atoms with Gasteiger partial charge in [-0.05, 0) is 17.5 Å². The van der Waals surface area contributed by atoms with Crippen molar-refractivity contribution < 1.29 is 9.47 Å². The highest BCUT2D eigenvalue weighted by atomic mass is 127. The van der Waals surface area contributed by atoms with Crippen molar-refractivity contribution in [2.24, 2.45) is 10.9 Å². The average Bonchev–Trinajstić information content (AvgIpc) is 2.69. The second-order valence-corrected chi connectivity index (χ2v) is 6.08. The van der Waals surface area contributed by atoms with E-state index in [4.69, 9.17) is 9.47 Å². The molecule has 1 aromatic heterocycles. The Bertz CT molecular complexity index is 683. The summed E-state index contributed by atoms with van der Waals surface area (Å²) < 4.78 is 11.0. The standard InChI is InChI=1S/C20H28N4O2.HI/c1-16(14-26-15-17-8-5-4-6-9-17)12-23-20(21-2)24-13-18-10-7-11-22-19(18)25-3;/h4-11,16H,12-15H2,1-3H3,(H2,21,23,24);1H. The van der Waals surface area contributed by atoms with Gasteiger partial charge in [0.2, 0.25) is 5.88 Å². The first-order chi connectivity index (χ1) is 12.7. The van der Waals surface area contributed by atoms with Crippen LogP contribution in [0, 0.1) is 5.92 Å². The topological polar surface area (TPSA) is 67.8 Å². The van der Waals surface area contributed by atoms with Crippen LogP contribution in [-0.2, 0) is 17.9 Å². The minimum absolute atomic E-state index is 0. The largest absolute Gasteiger partial charge is 0.481 e. The lowest BCUT2D eigenvalue weighted by Crippen LogP contribution is -2.39. The summed E-state index contributed by atoms with van der Waals surface area (Å²) in [4.78, 5) is 8.45. The molecule has 6 nitrogen and oxygen atoms in total. The van der Waals surface area contributed by atoms with Crippen LogP contribution >= 0.6 is 24.0 Å². The maximum atomic E-state index is 5.78. The van der Waals surface area contributed by atoms with E-state index < -0.39 is 0 Å². The number of hydrogen-bond acceptors (Lipinski definition) is 4. The van der Waals surface area contributed by atoms with Gasteiger partial charge >= 0.3 is 0 Å². The molecule has 2 rings (SSSR count). The van der Waals surface area contributed by atoms with Crippen LogP contribution in [0.15, 0.2) is 53.7 Å². The first kappa shape index (κ1) is 23.2. The van der Waals surface area contributed by atoms with Crippen LogP contribution in [0.2, 0.25) is 0 Å². The van der Waals surface area contributed by atoms with Gasteiger partial charge in [0.1, 0.15) is 0 Å². The summed E-state index contributed by atoms with van der Waals surface area (Å²) in [5.41, 5.74) is 2.17. The molecular weight excluding hydrogens is 455 g/mol. The van der Waals surface area contributed by atoms with Crippen molar-refractivity contribution in [1.29, 1.82) is 0 Å². The predicted molar refractivity (Wildman–Crippen MR) is 120 cm³/mol. The van der Waals surface area contributed by atoms with Gasteiger partial charge in [-0.15, -0.1) is 24.0 Å². The molecule has 0 saturated carbocycles. The summed E-state index contributed by atoms with van der Waals surface area (Å²) in [6, 6.07) is 14.1. The van der Waals surface area contributed by atoms with E-state index in [0.717, 1.165) is 18.1 Å². The molecule has 1 atom stereocenters. The van der Waals surface area contributed by atoms with E-state index in [2.05, 4.69) is 39.7 Å². The van der Waals surface area contributed by atoms with Crippen LogP contribution in [-0.4, -0.2) is 38.3 Å². The van der Waals surface area contributed by atoms with Crippen molar-refractivity contribution in [3.63, 3.8) is 0 Å². The summed E-state index contributed by atoms with van der Waals surface area (Å²) in [5, 5.41) is 6.60. The molecule has 2 aromatic rings. The SMILES string of the molecule is CN=C(NCc1cccnc1OC)NCC(C)COCc1ccccc1.I. The van der Waals surface area contributed by atoms with Crippen molar-refractivity contribution >= 4 is 29.9 Å². The van der Waals surface area contributed by atoms with Crippen LogP contribution in [0.4, 0.5) is 0 Å². The highest BCUT2D eigenvalue weighted by molar-refractivity contribution is 14.0. The zero-order valence-electron chi connectivity index (χ0n) is 16.1. The van der Waals surface area contributed by atoms with E-state index in [-0.39, 0.29) is 24.0 Å². The number of methoxy groups -OCH3 is 1. The van der Waals surface area contributed by atoms with Crippen molar-refractivity contribution in [2.45, 2.75) is 20.1 Å². The number of hydrogen-bond donors (Lipinski definition) is 2. The van der Waals surface area contributed by atoms with E-state index in [1.807, 2.05) is 30.3 Å². The Morgan fingerprint density at radius 3 is 2.63 bits per heavy atom.